The normalized spacial score (nSPS) is 23.6. The summed E-state index contributed by atoms with van der Waals surface area (Å²) in [5, 5.41) is 0. The maximum Gasteiger partial charge on any atom is 0.102 e. The van der Waals surface area contributed by atoms with Crippen LogP contribution in [0.1, 0.15) is 157 Å². The van der Waals surface area contributed by atoms with Crippen LogP contribution < -0.4 is 0 Å². The van der Waals surface area contributed by atoms with Crippen LogP contribution >= 0.6 is 0 Å². The number of hydrogen-bond acceptors (Lipinski definition) is 3. The fourth-order valence-corrected chi connectivity index (χ4v) is 9.41. The molecule has 2 fully saturated rings. The maximum absolute atomic E-state index is 7.22. The molecular weight excluding hydrogens is 560 g/mol. The number of rotatable bonds is 11. The zero-order chi connectivity index (χ0) is 35.3. The lowest BCUT2D eigenvalue weighted by atomic mass is 9.65. The van der Waals surface area contributed by atoms with Crippen LogP contribution in [0.25, 0.3) is 0 Å². The molecule has 0 aliphatic carbocycles. The van der Waals surface area contributed by atoms with Gasteiger partial charge in [0, 0.05) is 35.0 Å². The van der Waals surface area contributed by atoms with Gasteiger partial charge in [0.15, 0.2) is 0 Å². The van der Waals surface area contributed by atoms with Gasteiger partial charge < -0.3 is 4.74 Å². The monoisotopic (exact) mass is 635 g/mol. The van der Waals surface area contributed by atoms with Crippen LogP contribution in [0, 0.1) is 25.2 Å². The molecule has 3 nitrogen and oxygen atoms in total. The van der Waals surface area contributed by atoms with E-state index in [2.05, 4.69) is 133 Å². The minimum absolute atomic E-state index is 0.0523. The maximum atomic E-state index is 7.22. The molecule has 2 aliphatic heterocycles. The van der Waals surface area contributed by atoms with Crippen LogP contribution in [-0.4, -0.2) is 52.2 Å². The average Bonchev–Trinajstić information content (AvgIpc) is 2.88. The second kappa shape index (κ2) is 13.4. The molecule has 0 bridgehead atoms. The van der Waals surface area contributed by atoms with Crippen molar-refractivity contribution in [1.82, 2.24) is 9.80 Å². The van der Waals surface area contributed by atoms with Crippen LogP contribution in [0.3, 0.4) is 0 Å². The standard InChI is InChI=1S/C43H74N2O/c1-19-20-21-43(27-34-22-30(2)32(4)37(24-34)38(6,7)8,31(3)23-35-25-39(9,10)44(17)40(11,12)26-35)33(5)46-36-28-41(13,14)45(18)42(15,16)29-36/h22,24,35-36H,3,5,19-21,23,25-29H2,1-2,4,6-18H3. The van der Waals surface area contributed by atoms with Crippen molar-refractivity contribution >= 4 is 0 Å². The summed E-state index contributed by atoms with van der Waals surface area (Å²) in [5.74, 6) is 1.53. The van der Waals surface area contributed by atoms with Crippen molar-refractivity contribution in [3.8, 4) is 0 Å². The van der Waals surface area contributed by atoms with Gasteiger partial charge in [0.05, 0.1) is 11.2 Å². The zero-order valence-corrected chi connectivity index (χ0v) is 33.4. The van der Waals surface area contributed by atoms with E-state index < -0.39 is 0 Å². The van der Waals surface area contributed by atoms with Gasteiger partial charge in [-0.3, -0.25) is 9.80 Å². The van der Waals surface area contributed by atoms with Gasteiger partial charge in [-0.05, 0) is 149 Å². The average molecular weight is 635 g/mol. The Morgan fingerprint density at radius 1 is 0.826 bits per heavy atom. The third-order valence-corrected chi connectivity index (χ3v) is 12.7. The quantitative estimate of drug-likeness (QED) is 0.178. The minimum atomic E-state index is -0.317. The van der Waals surface area contributed by atoms with Crippen molar-refractivity contribution in [3.63, 3.8) is 0 Å². The molecule has 3 rings (SSSR count). The molecule has 2 saturated heterocycles. The van der Waals surface area contributed by atoms with Gasteiger partial charge in [-0.1, -0.05) is 71.4 Å². The molecule has 1 unspecified atom stereocenters. The van der Waals surface area contributed by atoms with E-state index in [4.69, 9.17) is 17.9 Å². The lowest BCUT2D eigenvalue weighted by molar-refractivity contribution is -0.0825. The molecule has 1 aromatic rings. The highest BCUT2D eigenvalue weighted by Crippen LogP contribution is 2.51. The summed E-state index contributed by atoms with van der Waals surface area (Å²) in [6, 6.07) is 4.93. The minimum Gasteiger partial charge on any atom is -0.494 e. The van der Waals surface area contributed by atoms with Crippen molar-refractivity contribution in [2.24, 2.45) is 11.3 Å². The fraction of sp³-hybridized carbons (Fsp3) is 0.767. The number of unbranched alkanes of at least 4 members (excludes halogenated alkanes) is 1. The van der Waals surface area contributed by atoms with E-state index in [1.54, 1.807) is 0 Å². The van der Waals surface area contributed by atoms with Gasteiger partial charge >= 0.3 is 0 Å². The van der Waals surface area contributed by atoms with Gasteiger partial charge in [-0.15, -0.1) is 0 Å². The van der Waals surface area contributed by atoms with Gasteiger partial charge in [-0.2, -0.15) is 0 Å². The highest BCUT2D eigenvalue weighted by Gasteiger charge is 2.48. The molecular formula is C43H74N2O. The molecule has 0 spiro atoms. The lowest BCUT2D eigenvalue weighted by Crippen LogP contribution is -2.60. The molecule has 1 aromatic carbocycles. The number of hydrogen-bond donors (Lipinski definition) is 0. The first kappa shape index (κ1) is 38.9. The lowest BCUT2D eigenvalue weighted by Gasteiger charge is -2.55. The van der Waals surface area contributed by atoms with E-state index in [0.29, 0.717) is 5.92 Å². The molecule has 0 radical (unpaired) electrons. The molecule has 3 heteroatoms. The summed E-state index contributed by atoms with van der Waals surface area (Å²) >= 11 is 0. The van der Waals surface area contributed by atoms with Crippen LogP contribution in [0.4, 0.5) is 0 Å². The predicted molar refractivity (Wildman–Crippen MR) is 202 cm³/mol. The van der Waals surface area contributed by atoms with Crippen LogP contribution in [-0.2, 0) is 16.6 Å². The summed E-state index contributed by atoms with van der Waals surface area (Å²) in [6.45, 7) is 42.9. The first-order chi connectivity index (χ1) is 20.8. The Labute approximate surface area is 286 Å². The number of benzene rings is 1. The van der Waals surface area contributed by atoms with E-state index in [0.717, 1.165) is 50.7 Å². The molecule has 0 aromatic heterocycles. The van der Waals surface area contributed by atoms with Crippen molar-refractivity contribution in [2.45, 2.75) is 188 Å². The Balaban J connectivity index is 2.12. The highest BCUT2D eigenvalue weighted by atomic mass is 16.5. The summed E-state index contributed by atoms with van der Waals surface area (Å²) in [7, 11) is 4.58. The SMILES string of the molecule is C=C(CC1CC(C)(C)N(C)C(C)(C)C1)C(CCCC)(Cc1cc(C)c(C)c(C(C)(C)C)c1)C(=C)OC1CC(C)(C)N(C)C(C)(C)C1. The Hall–Kier alpha value is -1.58. The fourth-order valence-electron chi connectivity index (χ4n) is 9.41. The third-order valence-electron chi connectivity index (χ3n) is 12.7. The van der Waals surface area contributed by atoms with Gasteiger partial charge in [0.1, 0.15) is 6.10 Å². The molecule has 2 aliphatic rings. The van der Waals surface area contributed by atoms with Gasteiger partial charge in [-0.25, -0.2) is 0 Å². The number of allylic oxidation sites excluding steroid dienone is 1. The van der Waals surface area contributed by atoms with E-state index in [-0.39, 0.29) is 39.1 Å². The third kappa shape index (κ3) is 8.16. The van der Waals surface area contributed by atoms with Crippen LogP contribution in [0.5, 0.6) is 0 Å². The summed E-state index contributed by atoms with van der Waals surface area (Å²) < 4.78 is 7.22. The largest absolute Gasteiger partial charge is 0.494 e. The predicted octanol–water partition coefficient (Wildman–Crippen LogP) is 11.3. The Kier molecular flexibility index (Phi) is 11.3. The molecule has 0 saturated carbocycles. The van der Waals surface area contributed by atoms with Crippen molar-refractivity contribution < 1.29 is 4.74 Å². The van der Waals surface area contributed by atoms with Gasteiger partial charge in [0.2, 0.25) is 0 Å². The summed E-state index contributed by atoms with van der Waals surface area (Å²) in [4.78, 5) is 5.14. The number of piperidine rings is 2. The van der Waals surface area contributed by atoms with Crippen molar-refractivity contribution in [1.29, 1.82) is 0 Å². The summed E-state index contributed by atoms with van der Waals surface area (Å²) in [5.41, 5.74) is 7.12. The number of ether oxygens (including phenoxy) is 1. The van der Waals surface area contributed by atoms with E-state index in [1.807, 2.05) is 0 Å². The number of likely N-dealkylation sites (tertiary alicyclic amines) is 2. The van der Waals surface area contributed by atoms with Crippen molar-refractivity contribution in [2.75, 3.05) is 14.1 Å². The molecule has 1 atom stereocenters. The summed E-state index contributed by atoms with van der Waals surface area (Å²) in [6.07, 6.45) is 9.71. The van der Waals surface area contributed by atoms with Crippen LogP contribution in [0.2, 0.25) is 0 Å². The van der Waals surface area contributed by atoms with E-state index in [1.165, 1.54) is 40.7 Å². The topological polar surface area (TPSA) is 15.7 Å². The van der Waals surface area contributed by atoms with Crippen LogP contribution in [0.15, 0.2) is 36.6 Å². The molecule has 262 valence electrons. The Morgan fingerprint density at radius 2 is 1.30 bits per heavy atom. The Morgan fingerprint density at radius 3 is 1.76 bits per heavy atom. The smallest absolute Gasteiger partial charge is 0.102 e. The first-order valence-electron chi connectivity index (χ1n) is 18.4. The van der Waals surface area contributed by atoms with Gasteiger partial charge in [0.25, 0.3) is 0 Å². The van der Waals surface area contributed by atoms with E-state index in [9.17, 15) is 0 Å². The molecule has 46 heavy (non-hydrogen) atoms. The molecule has 2 heterocycles. The zero-order valence-electron chi connectivity index (χ0n) is 33.4. The number of nitrogens with zero attached hydrogens (tertiary/aromatic N) is 2. The van der Waals surface area contributed by atoms with E-state index >= 15 is 0 Å². The second-order valence-corrected chi connectivity index (χ2v) is 19.2. The first-order valence-corrected chi connectivity index (χ1v) is 18.4. The molecule has 0 N–H and O–H groups in total. The molecule has 0 amide bonds. The Bertz CT molecular complexity index is 1160. The number of aryl methyl sites for hydroxylation is 1. The van der Waals surface area contributed by atoms with Crippen molar-refractivity contribution in [3.05, 3.63) is 58.9 Å². The highest BCUT2D eigenvalue weighted by molar-refractivity contribution is 5.43. The second-order valence-electron chi connectivity index (χ2n) is 19.2.